The molecule has 4 nitrogen and oxygen atoms in total. The minimum Gasteiger partial charge on any atom is -0.301 e. The van der Waals surface area contributed by atoms with Crippen molar-refractivity contribution < 1.29 is 4.84 Å². The van der Waals surface area contributed by atoms with Crippen LogP contribution in [0.2, 0.25) is 0 Å². The van der Waals surface area contributed by atoms with Crippen molar-refractivity contribution in [1.29, 1.82) is 0 Å². The van der Waals surface area contributed by atoms with E-state index < -0.39 is 0 Å². The van der Waals surface area contributed by atoms with Gasteiger partial charge in [-0.2, -0.15) is 5.48 Å². The molecule has 1 aliphatic heterocycles. The van der Waals surface area contributed by atoms with E-state index in [-0.39, 0.29) is 6.04 Å². The third kappa shape index (κ3) is 1.44. The van der Waals surface area contributed by atoms with Crippen molar-refractivity contribution in [3.8, 4) is 0 Å². The minimum absolute atomic E-state index is 0.220. The summed E-state index contributed by atoms with van der Waals surface area (Å²) in [6.07, 6.45) is 4.50. The zero-order valence-corrected chi connectivity index (χ0v) is 6.95. The molecule has 12 heavy (non-hydrogen) atoms. The molecule has 0 spiro atoms. The zero-order valence-electron chi connectivity index (χ0n) is 6.95. The van der Waals surface area contributed by atoms with E-state index >= 15 is 0 Å². The summed E-state index contributed by atoms with van der Waals surface area (Å²) in [6, 6.07) is 0.220. The highest BCUT2D eigenvalue weighted by Gasteiger charge is 2.18. The van der Waals surface area contributed by atoms with Gasteiger partial charge in [-0.3, -0.25) is 9.97 Å². The summed E-state index contributed by atoms with van der Waals surface area (Å²) in [4.78, 5) is 13.5. The first-order chi connectivity index (χ1) is 5.86. The van der Waals surface area contributed by atoms with Crippen molar-refractivity contribution in [2.24, 2.45) is 0 Å². The second-order valence-electron chi connectivity index (χ2n) is 2.89. The summed E-state index contributed by atoms with van der Waals surface area (Å²) >= 11 is 0. The Morgan fingerprint density at radius 2 is 2.50 bits per heavy atom. The lowest BCUT2D eigenvalue weighted by atomic mass is 10.2. The summed E-state index contributed by atoms with van der Waals surface area (Å²) in [5.74, 6) is 0. The molecule has 1 aliphatic rings. The van der Waals surface area contributed by atoms with Gasteiger partial charge in [0.05, 0.1) is 30.2 Å². The van der Waals surface area contributed by atoms with Gasteiger partial charge in [0.2, 0.25) is 0 Å². The number of aryl methyl sites for hydroxylation is 1. The second kappa shape index (κ2) is 3.16. The summed E-state index contributed by atoms with van der Waals surface area (Å²) in [5, 5.41) is 0. The monoisotopic (exact) mass is 165 g/mol. The Morgan fingerprint density at radius 1 is 1.58 bits per heavy atom. The number of hydrogen-bond donors (Lipinski definition) is 1. The smallest absolute Gasteiger partial charge is 0.0783 e. The predicted molar refractivity (Wildman–Crippen MR) is 43.2 cm³/mol. The first-order valence-corrected chi connectivity index (χ1v) is 4.02. The SMILES string of the molecule is Cc1cncc([C@@H]2CCON2)n1. The van der Waals surface area contributed by atoms with Gasteiger partial charge in [-0.15, -0.1) is 0 Å². The number of hydrogen-bond acceptors (Lipinski definition) is 4. The van der Waals surface area contributed by atoms with Crippen LogP contribution in [0.3, 0.4) is 0 Å². The molecular formula is C8H11N3O. The normalized spacial score (nSPS) is 22.9. The maximum absolute atomic E-state index is 5.03. The van der Waals surface area contributed by atoms with Crippen molar-refractivity contribution in [1.82, 2.24) is 15.4 Å². The van der Waals surface area contributed by atoms with E-state index in [2.05, 4.69) is 15.4 Å². The van der Waals surface area contributed by atoms with Crippen molar-refractivity contribution in [2.75, 3.05) is 6.61 Å². The van der Waals surface area contributed by atoms with Gasteiger partial charge in [-0.05, 0) is 13.3 Å². The highest BCUT2D eigenvalue weighted by molar-refractivity contribution is 5.06. The molecule has 0 bridgehead atoms. The largest absolute Gasteiger partial charge is 0.301 e. The molecule has 1 aromatic heterocycles. The maximum atomic E-state index is 5.03. The Kier molecular flexibility index (Phi) is 2.01. The summed E-state index contributed by atoms with van der Waals surface area (Å²) in [5.41, 5.74) is 4.81. The molecule has 1 aromatic rings. The molecule has 1 fully saturated rings. The van der Waals surface area contributed by atoms with Crippen LogP contribution >= 0.6 is 0 Å². The van der Waals surface area contributed by atoms with Crippen LogP contribution in [0.4, 0.5) is 0 Å². The van der Waals surface area contributed by atoms with E-state index in [1.54, 1.807) is 12.4 Å². The average Bonchev–Trinajstić information content (AvgIpc) is 2.56. The Morgan fingerprint density at radius 3 is 3.17 bits per heavy atom. The molecule has 0 saturated carbocycles. The van der Waals surface area contributed by atoms with Gasteiger partial charge < -0.3 is 4.84 Å². The molecule has 0 amide bonds. The fourth-order valence-corrected chi connectivity index (χ4v) is 1.25. The first kappa shape index (κ1) is 7.64. The molecule has 1 saturated heterocycles. The van der Waals surface area contributed by atoms with Gasteiger partial charge in [-0.1, -0.05) is 0 Å². The maximum Gasteiger partial charge on any atom is 0.0783 e. The van der Waals surface area contributed by atoms with Crippen molar-refractivity contribution >= 4 is 0 Å². The number of hydroxylamine groups is 1. The summed E-state index contributed by atoms with van der Waals surface area (Å²) in [6.45, 7) is 2.69. The molecule has 2 rings (SSSR count). The lowest BCUT2D eigenvalue weighted by Crippen LogP contribution is -2.13. The fourth-order valence-electron chi connectivity index (χ4n) is 1.25. The Labute approximate surface area is 70.9 Å². The van der Waals surface area contributed by atoms with Crippen molar-refractivity contribution in [3.63, 3.8) is 0 Å². The molecule has 4 heteroatoms. The van der Waals surface area contributed by atoms with Crippen LogP contribution < -0.4 is 5.48 Å². The highest BCUT2D eigenvalue weighted by Crippen LogP contribution is 2.17. The molecule has 2 heterocycles. The van der Waals surface area contributed by atoms with Crippen LogP contribution in [0.5, 0.6) is 0 Å². The number of aromatic nitrogens is 2. The van der Waals surface area contributed by atoms with Gasteiger partial charge in [0.25, 0.3) is 0 Å². The van der Waals surface area contributed by atoms with Crippen molar-refractivity contribution in [2.45, 2.75) is 19.4 Å². The van der Waals surface area contributed by atoms with Crippen LogP contribution in [-0.4, -0.2) is 16.6 Å². The third-order valence-corrected chi connectivity index (χ3v) is 1.86. The van der Waals surface area contributed by atoms with Crippen LogP contribution in [-0.2, 0) is 4.84 Å². The van der Waals surface area contributed by atoms with E-state index in [4.69, 9.17) is 4.84 Å². The topological polar surface area (TPSA) is 47.0 Å². The summed E-state index contributed by atoms with van der Waals surface area (Å²) < 4.78 is 0. The van der Waals surface area contributed by atoms with E-state index in [1.807, 2.05) is 6.92 Å². The van der Waals surface area contributed by atoms with Gasteiger partial charge in [-0.25, -0.2) is 0 Å². The number of nitrogens with one attached hydrogen (secondary N) is 1. The predicted octanol–water partition coefficient (Wildman–Crippen LogP) is 0.751. The Hall–Kier alpha value is -1.00. The first-order valence-electron chi connectivity index (χ1n) is 4.02. The Balaban J connectivity index is 2.21. The summed E-state index contributed by atoms with van der Waals surface area (Å²) in [7, 11) is 0. The van der Waals surface area contributed by atoms with E-state index in [0.717, 1.165) is 24.4 Å². The van der Waals surface area contributed by atoms with Gasteiger partial charge in [0, 0.05) is 6.20 Å². The van der Waals surface area contributed by atoms with E-state index in [1.165, 1.54) is 0 Å². The molecule has 64 valence electrons. The van der Waals surface area contributed by atoms with Gasteiger partial charge >= 0.3 is 0 Å². The minimum atomic E-state index is 0.220. The van der Waals surface area contributed by atoms with Crippen LogP contribution in [0.1, 0.15) is 23.9 Å². The molecule has 0 unspecified atom stereocenters. The van der Waals surface area contributed by atoms with Crippen molar-refractivity contribution in [3.05, 3.63) is 23.8 Å². The molecule has 0 aromatic carbocycles. The average molecular weight is 165 g/mol. The van der Waals surface area contributed by atoms with Crippen LogP contribution in [0.25, 0.3) is 0 Å². The third-order valence-electron chi connectivity index (χ3n) is 1.86. The molecule has 0 radical (unpaired) electrons. The highest BCUT2D eigenvalue weighted by atomic mass is 16.7. The zero-order chi connectivity index (χ0) is 8.39. The van der Waals surface area contributed by atoms with E-state index in [9.17, 15) is 0 Å². The standard InChI is InChI=1S/C8H11N3O/c1-6-4-9-5-8(10-6)7-2-3-12-11-7/h4-5,7,11H,2-3H2,1H3/t7-/m0/s1. The number of nitrogens with zero attached hydrogens (tertiary/aromatic N) is 2. The lowest BCUT2D eigenvalue weighted by molar-refractivity contribution is 0.0876. The van der Waals surface area contributed by atoms with E-state index in [0.29, 0.717) is 0 Å². The Bertz CT molecular complexity index is 271. The number of rotatable bonds is 1. The quantitative estimate of drug-likeness (QED) is 0.667. The lowest BCUT2D eigenvalue weighted by Gasteiger charge is -2.06. The molecule has 0 aliphatic carbocycles. The fraction of sp³-hybridized carbons (Fsp3) is 0.500. The second-order valence-corrected chi connectivity index (χ2v) is 2.89. The van der Waals surface area contributed by atoms with Gasteiger partial charge in [0.15, 0.2) is 0 Å². The molecule has 1 atom stereocenters. The van der Waals surface area contributed by atoms with Gasteiger partial charge in [0.1, 0.15) is 0 Å². The van der Waals surface area contributed by atoms with Crippen LogP contribution in [0, 0.1) is 6.92 Å². The molecular weight excluding hydrogens is 154 g/mol. The van der Waals surface area contributed by atoms with Crippen LogP contribution in [0.15, 0.2) is 12.4 Å². The molecule has 1 N–H and O–H groups in total.